The van der Waals surface area contributed by atoms with Crippen molar-refractivity contribution in [2.75, 3.05) is 17.4 Å². The molecule has 0 fully saturated rings. The maximum Gasteiger partial charge on any atom is 0.0711 e. The Labute approximate surface area is 48.1 Å². The zero-order valence-corrected chi connectivity index (χ0v) is 5.91. The van der Waals surface area contributed by atoms with Gasteiger partial charge in [0, 0.05) is 0 Å². The number of aliphatic hydroxyl groups excluding tert-OH is 1. The SMILES string of the molecule is CC[SH](CC)CO. The molecule has 0 aliphatic carbocycles. The molecule has 0 saturated heterocycles. The highest BCUT2D eigenvalue weighted by Crippen LogP contribution is 2.20. The summed E-state index contributed by atoms with van der Waals surface area (Å²) in [5.41, 5.74) is 0. The molecule has 0 aliphatic rings. The van der Waals surface area contributed by atoms with Gasteiger partial charge in [0.15, 0.2) is 0 Å². The smallest absolute Gasteiger partial charge is 0.0711 e. The summed E-state index contributed by atoms with van der Waals surface area (Å²) in [5.74, 6) is 2.76. The molecule has 46 valence electrons. The lowest BCUT2D eigenvalue weighted by atomic mass is 11.0. The Morgan fingerprint density at radius 3 is 1.71 bits per heavy atom. The molecular formula is C5H14OS. The highest BCUT2D eigenvalue weighted by atomic mass is 32.2. The van der Waals surface area contributed by atoms with Gasteiger partial charge in [0.1, 0.15) is 0 Å². The minimum atomic E-state index is 0.00154. The Morgan fingerprint density at radius 2 is 1.71 bits per heavy atom. The molecule has 0 atom stereocenters. The molecular weight excluding hydrogens is 108 g/mol. The van der Waals surface area contributed by atoms with Gasteiger partial charge in [-0.1, -0.05) is 13.8 Å². The van der Waals surface area contributed by atoms with Crippen molar-refractivity contribution in [1.82, 2.24) is 0 Å². The third-order valence-electron chi connectivity index (χ3n) is 1.09. The number of rotatable bonds is 3. The quantitative estimate of drug-likeness (QED) is 0.535. The molecule has 0 radical (unpaired) electrons. The maximum atomic E-state index is 8.55. The van der Waals surface area contributed by atoms with Crippen LogP contribution in [0.1, 0.15) is 13.8 Å². The zero-order valence-electron chi connectivity index (χ0n) is 5.02. The lowest BCUT2D eigenvalue weighted by molar-refractivity contribution is 0.373. The van der Waals surface area contributed by atoms with Crippen LogP contribution >= 0.6 is 10.9 Å². The van der Waals surface area contributed by atoms with Gasteiger partial charge in [0.2, 0.25) is 0 Å². The van der Waals surface area contributed by atoms with E-state index < -0.39 is 0 Å². The lowest BCUT2D eigenvalue weighted by Gasteiger charge is -2.11. The van der Waals surface area contributed by atoms with E-state index in [2.05, 4.69) is 13.8 Å². The van der Waals surface area contributed by atoms with Gasteiger partial charge in [-0.3, -0.25) is 0 Å². The van der Waals surface area contributed by atoms with Gasteiger partial charge in [0.25, 0.3) is 0 Å². The highest BCUT2D eigenvalue weighted by molar-refractivity contribution is 8.16. The number of aliphatic hydroxyl groups is 1. The van der Waals surface area contributed by atoms with E-state index in [1.165, 1.54) is 11.5 Å². The lowest BCUT2D eigenvalue weighted by Crippen LogP contribution is -1.91. The summed E-state index contributed by atoms with van der Waals surface area (Å²) >= 11 is 0. The standard InChI is InChI=1S/C5H14OS/c1-3-7(4-2)5-6/h6-7H,3-5H2,1-2H3. The number of thiol groups is 1. The third-order valence-corrected chi connectivity index (χ3v) is 3.28. The fourth-order valence-corrected chi connectivity index (χ4v) is 1.27. The second kappa shape index (κ2) is 4.47. The van der Waals surface area contributed by atoms with Crippen LogP contribution in [0.15, 0.2) is 0 Å². The fourth-order valence-electron chi connectivity index (χ4n) is 0.424. The highest BCUT2D eigenvalue weighted by Gasteiger charge is 1.90. The van der Waals surface area contributed by atoms with Gasteiger partial charge in [-0.2, -0.15) is 0 Å². The van der Waals surface area contributed by atoms with Gasteiger partial charge in [0.05, 0.1) is 5.94 Å². The molecule has 0 unspecified atom stereocenters. The molecule has 0 aromatic rings. The van der Waals surface area contributed by atoms with Crippen LogP contribution in [-0.2, 0) is 0 Å². The molecule has 0 aliphatic heterocycles. The van der Waals surface area contributed by atoms with E-state index in [4.69, 9.17) is 5.11 Å². The Kier molecular flexibility index (Phi) is 4.67. The first kappa shape index (κ1) is 7.31. The van der Waals surface area contributed by atoms with E-state index in [0.29, 0.717) is 5.94 Å². The second-order valence-corrected chi connectivity index (χ2v) is 4.33. The van der Waals surface area contributed by atoms with Crippen LogP contribution in [0, 0.1) is 0 Å². The van der Waals surface area contributed by atoms with E-state index in [0.717, 1.165) is 0 Å². The summed E-state index contributed by atoms with van der Waals surface area (Å²) in [6.07, 6.45) is 0. The van der Waals surface area contributed by atoms with E-state index in [1.807, 2.05) is 0 Å². The largest absolute Gasteiger partial charge is 0.387 e. The molecule has 0 rings (SSSR count). The summed E-state index contributed by atoms with van der Waals surface area (Å²) < 4.78 is 0. The van der Waals surface area contributed by atoms with Crippen LogP contribution in [-0.4, -0.2) is 22.6 Å². The molecule has 0 amide bonds. The van der Waals surface area contributed by atoms with E-state index in [-0.39, 0.29) is 10.9 Å². The monoisotopic (exact) mass is 122 g/mol. The van der Waals surface area contributed by atoms with E-state index >= 15 is 0 Å². The first-order valence-corrected chi connectivity index (χ1v) is 4.58. The first-order chi connectivity index (χ1) is 3.35. The Hall–Kier alpha value is 0.310. The summed E-state index contributed by atoms with van der Waals surface area (Å²) in [6.45, 7) is 4.26. The molecule has 7 heavy (non-hydrogen) atoms. The second-order valence-electron chi connectivity index (χ2n) is 1.44. The van der Waals surface area contributed by atoms with Crippen molar-refractivity contribution >= 4 is 10.9 Å². The minimum absolute atomic E-state index is 0.00154. The summed E-state index contributed by atoms with van der Waals surface area (Å²) in [6, 6.07) is 0. The van der Waals surface area contributed by atoms with Gasteiger partial charge in [-0.15, -0.1) is 0 Å². The van der Waals surface area contributed by atoms with Gasteiger partial charge in [-0.25, -0.2) is 10.9 Å². The Bertz CT molecular complexity index is 29.6. The average Bonchev–Trinajstić information content (AvgIpc) is 1.72. The Morgan fingerprint density at radius 1 is 1.29 bits per heavy atom. The van der Waals surface area contributed by atoms with Crippen molar-refractivity contribution in [3.05, 3.63) is 0 Å². The van der Waals surface area contributed by atoms with Crippen LogP contribution in [0.25, 0.3) is 0 Å². The molecule has 0 spiro atoms. The zero-order chi connectivity index (χ0) is 5.70. The molecule has 0 bridgehead atoms. The van der Waals surface area contributed by atoms with Crippen molar-refractivity contribution in [2.24, 2.45) is 0 Å². The predicted molar refractivity (Wildman–Crippen MR) is 37.2 cm³/mol. The molecule has 0 saturated carbocycles. The molecule has 1 nitrogen and oxygen atoms in total. The molecule has 0 aromatic heterocycles. The van der Waals surface area contributed by atoms with Crippen molar-refractivity contribution < 1.29 is 5.11 Å². The maximum absolute atomic E-state index is 8.55. The topological polar surface area (TPSA) is 20.2 Å². The molecule has 1 N–H and O–H groups in total. The fraction of sp³-hybridized carbons (Fsp3) is 1.00. The average molecular weight is 122 g/mol. The normalized spacial score (nSPS) is 11.6. The Balaban J connectivity index is 2.99. The van der Waals surface area contributed by atoms with Gasteiger partial charge < -0.3 is 5.11 Å². The molecule has 0 heterocycles. The number of hydrogen-bond donors (Lipinski definition) is 2. The van der Waals surface area contributed by atoms with E-state index in [1.54, 1.807) is 0 Å². The minimum Gasteiger partial charge on any atom is -0.387 e. The summed E-state index contributed by atoms with van der Waals surface area (Å²) in [5, 5.41) is 8.55. The number of hydrogen-bond acceptors (Lipinski definition) is 1. The van der Waals surface area contributed by atoms with Crippen LogP contribution in [0.3, 0.4) is 0 Å². The molecule has 0 aromatic carbocycles. The van der Waals surface area contributed by atoms with Crippen molar-refractivity contribution in [1.29, 1.82) is 0 Å². The first-order valence-electron chi connectivity index (χ1n) is 2.68. The van der Waals surface area contributed by atoms with Crippen molar-refractivity contribution in [3.8, 4) is 0 Å². The summed E-state index contributed by atoms with van der Waals surface area (Å²) in [7, 11) is 0.00154. The van der Waals surface area contributed by atoms with Crippen LogP contribution in [0.4, 0.5) is 0 Å². The van der Waals surface area contributed by atoms with E-state index in [9.17, 15) is 0 Å². The third kappa shape index (κ3) is 2.94. The van der Waals surface area contributed by atoms with Gasteiger partial charge >= 0.3 is 0 Å². The molecule has 2 heteroatoms. The van der Waals surface area contributed by atoms with Crippen LogP contribution in [0.5, 0.6) is 0 Å². The summed E-state index contributed by atoms with van der Waals surface area (Å²) in [4.78, 5) is 0. The van der Waals surface area contributed by atoms with Crippen LogP contribution < -0.4 is 0 Å². The van der Waals surface area contributed by atoms with Crippen molar-refractivity contribution in [3.63, 3.8) is 0 Å². The van der Waals surface area contributed by atoms with Crippen LogP contribution in [0.2, 0.25) is 0 Å². The van der Waals surface area contributed by atoms with Crippen molar-refractivity contribution in [2.45, 2.75) is 13.8 Å². The predicted octanol–water partition coefficient (Wildman–Crippen LogP) is 0.977. The van der Waals surface area contributed by atoms with Gasteiger partial charge in [-0.05, 0) is 11.5 Å².